The van der Waals surface area contributed by atoms with Crippen LogP contribution < -0.4 is 26.4 Å². The number of nitrogens with zero attached hydrogens (tertiary/aromatic N) is 1. The third kappa shape index (κ3) is 9.81. The Hall–Kier alpha value is -4.33. The van der Waals surface area contributed by atoms with Crippen LogP contribution in [-0.4, -0.2) is 30.9 Å². The number of hydrogen-bond acceptors (Lipinski definition) is 4. The van der Waals surface area contributed by atoms with Gasteiger partial charge < -0.3 is 31.2 Å². The van der Waals surface area contributed by atoms with Gasteiger partial charge in [-0.15, -0.1) is 0 Å². The molecule has 0 saturated carbocycles. The van der Waals surface area contributed by atoms with Crippen LogP contribution in [-0.2, 0) is 24.3 Å². The predicted octanol–water partition coefficient (Wildman–Crippen LogP) is 5.04. The highest BCUT2D eigenvalue weighted by atomic mass is 16.5. The molecule has 39 heavy (non-hydrogen) atoms. The second kappa shape index (κ2) is 14.6. The summed E-state index contributed by atoms with van der Waals surface area (Å²) in [6.45, 7) is 4.93. The first kappa shape index (κ1) is 29.2. The maximum Gasteiger partial charge on any atom is 0.319 e. The molecule has 0 aromatic heterocycles. The summed E-state index contributed by atoms with van der Waals surface area (Å²) in [4.78, 5) is 29.0. The molecule has 0 heterocycles. The van der Waals surface area contributed by atoms with Gasteiger partial charge in [0.2, 0.25) is 0 Å². The minimum atomic E-state index is -0.779. The number of amides is 2. The van der Waals surface area contributed by atoms with E-state index < -0.39 is 5.54 Å². The highest BCUT2D eigenvalue weighted by Crippen LogP contribution is 2.22. The Kier molecular flexibility index (Phi) is 10.9. The van der Waals surface area contributed by atoms with Crippen LogP contribution in [0.4, 0.5) is 10.5 Å². The van der Waals surface area contributed by atoms with Crippen LogP contribution in [0.3, 0.4) is 0 Å². The van der Waals surface area contributed by atoms with Gasteiger partial charge in [0.25, 0.3) is 0 Å². The number of aliphatic imine (C=N–C) groups is 1. The molecule has 1 atom stereocenters. The maximum absolute atomic E-state index is 12.3. The van der Waals surface area contributed by atoms with Crippen molar-refractivity contribution in [3.8, 4) is 5.75 Å². The largest absolute Gasteiger partial charge is 0.497 e. The van der Waals surface area contributed by atoms with E-state index in [1.807, 2.05) is 54.6 Å². The first-order chi connectivity index (χ1) is 18.8. The van der Waals surface area contributed by atoms with Crippen LogP contribution >= 0.6 is 0 Å². The van der Waals surface area contributed by atoms with Crippen LogP contribution in [0, 0.1) is 5.92 Å². The second-order valence-corrected chi connectivity index (χ2v) is 10.0. The predicted molar refractivity (Wildman–Crippen MR) is 157 cm³/mol. The number of ether oxygens (including phenoxy) is 1. The standard InChI is InChI=1S/C31H39N5O3/c1-23(2)19-31(22-37,17-16-24-8-5-4-6-9-24)36-29(32)33-20-25-12-14-26(15-13-25)21-34-30(38)35-27-10-7-11-28(18-27)39-3/h4-15,18,22-23H,16-17,19-21H2,1-3H3,(H3,32,33,36)(H2,34,35,38). The number of anilines is 1. The molecule has 0 bridgehead atoms. The van der Waals surface area contributed by atoms with Gasteiger partial charge in [-0.05, 0) is 54.0 Å². The Morgan fingerprint density at radius 2 is 1.72 bits per heavy atom. The number of rotatable bonds is 13. The molecule has 206 valence electrons. The van der Waals surface area contributed by atoms with E-state index in [1.54, 1.807) is 19.2 Å². The molecule has 1 unspecified atom stereocenters. The molecule has 3 aromatic rings. The number of carbonyl (C=O) groups excluding carboxylic acids is 2. The molecule has 3 rings (SSSR count). The first-order valence-corrected chi connectivity index (χ1v) is 13.2. The van der Waals surface area contributed by atoms with E-state index in [0.29, 0.717) is 43.3 Å². The van der Waals surface area contributed by atoms with Crippen molar-refractivity contribution in [2.45, 2.75) is 51.7 Å². The summed E-state index contributed by atoms with van der Waals surface area (Å²) in [7, 11) is 1.58. The molecule has 0 radical (unpaired) electrons. The molecule has 2 amide bonds. The SMILES string of the molecule is COc1cccc(NC(=O)NCc2ccc(CN=C(N)NC(C=O)(CCc3ccccc3)CC(C)C)cc2)c1. The minimum absolute atomic E-state index is 0.246. The van der Waals surface area contributed by atoms with Crippen molar-refractivity contribution in [2.75, 3.05) is 12.4 Å². The highest BCUT2D eigenvalue weighted by Gasteiger charge is 2.31. The molecule has 0 aliphatic heterocycles. The first-order valence-electron chi connectivity index (χ1n) is 13.2. The quantitative estimate of drug-likeness (QED) is 0.141. The van der Waals surface area contributed by atoms with Gasteiger partial charge in [0.15, 0.2) is 5.96 Å². The van der Waals surface area contributed by atoms with Crippen LogP contribution in [0.2, 0.25) is 0 Å². The topological polar surface area (TPSA) is 118 Å². The van der Waals surface area contributed by atoms with E-state index >= 15 is 0 Å². The Bertz CT molecular complexity index is 1230. The Morgan fingerprint density at radius 3 is 2.38 bits per heavy atom. The fourth-order valence-electron chi connectivity index (χ4n) is 4.38. The zero-order valence-electron chi connectivity index (χ0n) is 22.9. The lowest BCUT2D eigenvalue weighted by atomic mass is 9.85. The number of aldehydes is 1. The minimum Gasteiger partial charge on any atom is -0.497 e. The number of benzene rings is 3. The van der Waals surface area contributed by atoms with Gasteiger partial charge in [-0.3, -0.25) is 0 Å². The molecular weight excluding hydrogens is 490 g/mol. The van der Waals surface area contributed by atoms with E-state index in [-0.39, 0.29) is 12.0 Å². The van der Waals surface area contributed by atoms with Gasteiger partial charge in [0, 0.05) is 18.3 Å². The van der Waals surface area contributed by atoms with Crippen LogP contribution in [0.5, 0.6) is 5.75 Å². The van der Waals surface area contributed by atoms with Crippen molar-refractivity contribution in [2.24, 2.45) is 16.6 Å². The third-order valence-corrected chi connectivity index (χ3v) is 6.31. The number of carbonyl (C=O) groups is 2. The van der Waals surface area contributed by atoms with Gasteiger partial charge in [-0.1, -0.05) is 74.5 Å². The highest BCUT2D eigenvalue weighted by molar-refractivity contribution is 5.89. The number of urea groups is 1. The third-order valence-electron chi connectivity index (χ3n) is 6.31. The molecule has 0 aliphatic rings. The number of methoxy groups -OCH3 is 1. The summed E-state index contributed by atoms with van der Waals surface area (Å²) < 4.78 is 5.18. The summed E-state index contributed by atoms with van der Waals surface area (Å²) in [6.07, 6.45) is 3.03. The zero-order valence-corrected chi connectivity index (χ0v) is 22.9. The van der Waals surface area contributed by atoms with Gasteiger partial charge >= 0.3 is 6.03 Å². The van der Waals surface area contributed by atoms with E-state index in [9.17, 15) is 9.59 Å². The van der Waals surface area contributed by atoms with E-state index in [1.165, 1.54) is 5.56 Å². The number of hydrogen-bond donors (Lipinski definition) is 4. The van der Waals surface area contributed by atoms with Gasteiger partial charge in [0.05, 0.1) is 19.2 Å². The molecule has 8 heteroatoms. The lowest BCUT2D eigenvalue weighted by Gasteiger charge is -2.31. The number of nitrogens with two attached hydrogens (primary N) is 1. The average molecular weight is 530 g/mol. The van der Waals surface area contributed by atoms with Crippen molar-refractivity contribution in [3.63, 3.8) is 0 Å². The number of nitrogens with one attached hydrogen (secondary N) is 3. The smallest absolute Gasteiger partial charge is 0.319 e. The van der Waals surface area contributed by atoms with Gasteiger partial charge in [-0.2, -0.15) is 0 Å². The van der Waals surface area contributed by atoms with E-state index in [2.05, 4.69) is 46.9 Å². The van der Waals surface area contributed by atoms with Crippen molar-refractivity contribution >= 4 is 24.0 Å². The van der Waals surface area contributed by atoms with Crippen LogP contribution in [0.15, 0.2) is 83.9 Å². The fourth-order valence-corrected chi connectivity index (χ4v) is 4.38. The fraction of sp³-hybridized carbons (Fsp3) is 0.323. The van der Waals surface area contributed by atoms with E-state index in [0.717, 1.165) is 23.8 Å². The Morgan fingerprint density at radius 1 is 1.00 bits per heavy atom. The van der Waals surface area contributed by atoms with Crippen LogP contribution in [0.1, 0.15) is 43.4 Å². The summed E-state index contributed by atoms with van der Waals surface area (Å²) in [5.74, 6) is 1.23. The van der Waals surface area contributed by atoms with Crippen molar-refractivity contribution < 1.29 is 14.3 Å². The lowest BCUT2D eigenvalue weighted by molar-refractivity contribution is -0.113. The summed E-state index contributed by atoms with van der Waals surface area (Å²) >= 11 is 0. The molecule has 5 N–H and O–H groups in total. The molecule has 0 aliphatic carbocycles. The summed E-state index contributed by atoms with van der Waals surface area (Å²) in [5.41, 5.74) is 9.21. The van der Waals surface area contributed by atoms with E-state index in [4.69, 9.17) is 10.5 Å². The van der Waals surface area contributed by atoms with Crippen molar-refractivity contribution in [1.82, 2.24) is 10.6 Å². The second-order valence-electron chi connectivity index (χ2n) is 10.0. The normalized spacial score (nSPS) is 12.9. The number of aryl methyl sites for hydroxylation is 1. The lowest BCUT2D eigenvalue weighted by Crippen LogP contribution is -2.53. The molecule has 3 aromatic carbocycles. The monoisotopic (exact) mass is 529 g/mol. The molecule has 0 saturated heterocycles. The zero-order chi connectivity index (χ0) is 28.1. The molecule has 8 nitrogen and oxygen atoms in total. The van der Waals surface area contributed by atoms with Gasteiger partial charge in [0.1, 0.15) is 12.0 Å². The number of guanidine groups is 1. The molecule has 0 fully saturated rings. The molecule has 0 spiro atoms. The Balaban J connectivity index is 1.53. The average Bonchev–Trinajstić information content (AvgIpc) is 2.94. The van der Waals surface area contributed by atoms with Crippen molar-refractivity contribution in [3.05, 3.63) is 95.6 Å². The van der Waals surface area contributed by atoms with Crippen molar-refractivity contribution in [1.29, 1.82) is 0 Å². The summed E-state index contributed by atoms with van der Waals surface area (Å²) in [6, 6.07) is 24.8. The van der Waals surface area contributed by atoms with Crippen LogP contribution in [0.25, 0.3) is 0 Å². The maximum atomic E-state index is 12.3. The van der Waals surface area contributed by atoms with Gasteiger partial charge in [-0.25, -0.2) is 9.79 Å². The summed E-state index contributed by atoms with van der Waals surface area (Å²) in [5, 5.41) is 8.86. The molecular formula is C31H39N5O3. The Labute approximate surface area is 231 Å².